The number of likely N-dealkylation sites (N-methyl/N-ethyl adjacent to an activating group) is 1. The van der Waals surface area contributed by atoms with E-state index in [-0.39, 0.29) is 54.6 Å². The van der Waals surface area contributed by atoms with Crippen molar-refractivity contribution in [2.24, 2.45) is 0 Å². The van der Waals surface area contributed by atoms with E-state index in [1.165, 1.54) is 57.8 Å². The second-order valence-corrected chi connectivity index (χ2v) is 13.1. The molecule has 0 bridgehead atoms. The van der Waals surface area contributed by atoms with Crippen LogP contribution in [0.1, 0.15) is 18.5 Å². The molecule has 2 aromatic rings. The van der Waals surface area contributed by atoms with Gasteiger partial charge in [-0.05, 0) is 30.2 Å². The number of benzene rings is 1. The maximum absolute atomic E-state index is 13.9. The van der Waals surface area contributed by atoms with E-state index in [2.05, 4.69) is 26.1 Å². The summed E-state index contributed by atoms with van der Waals surface area (Å²) in [5.74, 6) is -5.12. The van der Waals surface area contributed by atoms with Crippen LogP contribution in [-0.4, -0.2) is 119 Å². The summed E-state index contributed by atoms with van der Waals surface area (Å²) in [6.07, 6.45) is 0.187. The number of carbonyl (C=O) groups is 7. The van der Waals surface area contributed by atoms with Crippen molar-refractivity contribution < 1.29 is 43.8 Å². The van der Waals surface area contributed by atoms with E-state index in [1.54, 1.807) is 6.92 Å². The van der Waals surface area contributed by atoms with Gasteiger partial charge in [-0.3, -0.25) is 33.8 Å². The molecule has 5 N–H and O–H groups in total. The maximum Gasteiger partial charge on any atom is 0.352 e. The third-order valence-electron chi connectivity index (χ3n) is 7.36. The summed E-state index contributed by atoms with van der Waals surface area (Å²) in [6.45, 7) is 1.89. The van der Waals surface area contributed by atoms with Gasteiger partial charge in [-0.2, -0.15) is 0 Å². The number of urea groups is 1. The Balaban J connectivity index is 1.40. The lowest BCUT2D eigenvalue weighted by Crippen LogP contribution is -2.85. The largest absolute Gasteiger partial charge is 0.508 e. The first-order valence-electron chi connectivity index (χ1n) is 13.6. The zero-order valence-electron chi connectivity index (χ0n) is 23.9. The van der Waals surface area contributed by atoms with Crippen LogP contribution in [0.3, 0.4) is 0 Å². The number of aromatic nitrogens is 2. The van der Waals surface area contributed by atoms with Gasteiger partial charge in [0.15, 0.2) is 4.34 Å². The predicted molar refractivity (Wildman–Crippen MR) is 162 cm³/mol. The summed E-state index contributed by atoms with van der Waals surface area (Å²) >= 11 is 3.62. The smallest absolute Gasteiger partial charge is 0.352 e. The van der Waals surface area contributed by atoms with Crippen molar-refractivity contribution in [2.45, 2.75) is 28.3 Å². The monoisotopic (exact) mass is 690 g/mol. The number of phenolic OH excluding ortho intramolecular Hbond substituents is 1. The molecule has 3 aliphatic heterocycles. The number of piperazine rings is 1. The molecule has 7 amide bonds. The molecule has 3 atom stereocenters. The number of β-lactam (4-membered cyclic amide) rings is 1. The Kier molecular flexibility index (Phi) is 9.49. The lowest BCUT2D eigenvalue weighted by Gasteiger charge is -2.56. The second-order valence-electron chi connectivity index (χ2n) is 9.96. The van der Waals surface area contributed by atoms with Crippen molar-refractivity contribution in [1.82, 2.24) is 40.8 Å². The van der Waals surface area contributed by atoms with Crippen LogP contribution >= 0.6 is 34.9 Å². The van der Waals surface area contributed by atoms with Crippen molar-refractivity contribution in [1.29, 1.82) is 0 Å². The molecule has 1 unspecified atom stereocenters. The molecule has 1 aromatic carbocycles. The van der Waals surface area contributed by atoms with Gasteiger partial charge in [0.05, 0.1) is 0 Å². The van der Waals surface area contributed by atoms with E-state index in [1.807, 2.05) is 0 Å². The first-order chi connectivity index (χ1) is 22.0. The fourth-order valence-corrected chi connectivity index (χ4v) is 8.14. The summed E-state index contributed by atoms with van der Waals surface area (Å²) in [5, 5.41) is 33.6. The van der Waals surface area contributed by atoms with Crippen LogP contribution in [0.5, 0.6) is 5.75 Å². The molecule has 0 spiro atoms. The number of thioether (sulfide) groups is 2. The highest BCUT2D eigenvalue weighted by Crippen LogP contribution is 2.46. The number of amides is 7. The molecule has 0 aliphatic carbocycles. The average molecular weight is 691 g/mol. The van der Waals surface area contributed by atoms with Gasteiger partial charge in [-0.25, -0.2) is 9.59 Å². The van der Waals surface area contributed by atoms with Gasteiger partial charge in [0.2, 0.25) is 18.0 Å². The number of imide groups is 1. The summed E-state index contributed by atoms with van der Waals surface area (Å²) in [5.41, 5.74) is -0.316. The minimum Gasteiger partial charge on any atom is -0.508 e. The number of carbonyl (C=O) groups excluding carboxylic acids is 6. The van der Waals surface area contributed by atoms with Crippen LogP contribution in [0.2, 0.25) is 0 Å². The number of nitrogens with zero attached hydrogens (tertiary/aromatic N) is 5. The number of aliphatic carboxylic acids is 1. The van der Waals surface area contributed by atoms with E-state index in [9.17, 15) is 43.8 Å². The van der Waals surface area contributed by atoms with E-state index in [0.717, 1.165) is 16.7 Å². The molecule has 3 aliphatic rings. The van der Waals surface area contributed by atoms with Gasteiger partial charge in [0.1, 0.15) is 28.4 Å². The molecular weight excluding hydrogens is 665 g/mol. The predicted octanol–water partition coefficient (Wildman–Crippen LogP) is -0.710. The van der Waals surface area contributed by atoms with Crippen LogP contribution < -0.4 is 16.0 Å². The van der Waals surface area contributed by atoms with Crippen LogP contribution in [-0.2, 0) is 28.8 Å². The minimum absolute atomic E-state index is 0.0841. The number of carboxylic acids is 1. The van der Waals surface area contributed by atoms with Crippen molar-refractivity contribution in [2.75, 3.05) is 31.1 Å². The van der Waals surface area contributed by atoms with Gasteiger partial charge in [-0.1, -0.05) is 35.2 Å². The molecule has 2 saturated heterocycles. The van der Waals surface area contributed by atoms with Crippen LogP contribution in [0, 0.1) is 0 Å². The Morgan fingerprint density at radius 3 is 2.54 bits per heavy atom. The van der Waals surface area contributed by atoms with E-state index < -0.39 is 52.7 Å². The van der Waals surface area contributed by atoms with Gasteiger partial charge in [0.25, 0.3) is 5.91 Å². The first kappa shape index (κ1) is 32.7. The van der Waals surface area contributed by atoms with Crippen molar-refractivity contribution in [3.8, 4) is 5.75 Å². The van der Waals surface area contributed by atoms with Gasteiger partial charge >= 0.3 is 23.8 Å². The van der Waals surface area contributed by atoms with Crippen LogP contribution in [0.15, 0.2) is 45.4 Å². The third-order valence-corrected chi connectivity index (χ3v) is 10.7. The molecule has 4 heterocycles. The Bertz CT molecular complexity index is 1620. The Labute approximate surface area is 272 Å². The topological polar surface area (TPSA) is 232 Å². The highest BCUT2D eigenvalue weighted by molar-refractivity contribution is 8.01. The molecule has 2 fully saturated rings. The van der Waals surface area contributed by atoms with Crippen molar-refractivity contribution in [3.05, 3.63) is 46.6 Å². The molecule has 5 rings (SSSR count). The molecule has 0 saturated carbocycles. The lowest BCUT2D eigenvalue weighted by atomic mass is 9.94. The highest BCUT2D eigenvalue weighted by atomic mass is 32.2. The fraction of sp³-hybridized carbons (Fsp3) is 0.346. The standard InChI is InChI=1S/C26H26N8O9S3/c1-2-32-7-8-33(20(39)19(32)38)24(43)29-16(13-3-5-15(36)6-4-13)18(37)30-26(27-11-35)22(42)34-17(21(40)41)14(9-44-23(26)34)10-45-25-31-28-12-46-25/h3-6,11-12,16,23,36H,2,7-10H2,1H3,(H,27,35)(H,29,43)(H,30,37)(H,40,41)/t16?,23-,26-/m1/s1. The van der Waals surface area contributed by atoms with Gasteiger partial charge in [-0.15, -0.1) is 22.0 Å². The number of aromatic hydroxyl groups is 1. The number of hydrogen-bond donors (Lipinski definition) is 5. The fourth-order valence-electron chi connectivity index (χ4n) is 5.09. The summed E-state index contributed by atoms with van der Waals surface area (Å²) < 4.78 is 0.601. The Hall–Kier alpha value is -4.69. The molecule has 17 nitrogen and oxygen atoms in total. The SMILES string of the molecule is CCN1CCN(C(=O)NC(C(=O)N[C@]2(NC=O)C(=O)N3C(C(=O)O)=C(CSc4nncs4)CS[C@@H]32)c2ccc(O)cc2)C(=O)C1=O. The lowest BCUT2D eigenvalue weighted by molar-refractivity contribution is -0.163. The highest BCUT2D eigenvalue weighted by Gasteiger charge is 2.66. The quantitative estimate of drug-likeness (QED) is 0.0646. The second kappa shape index (κ2) is 13.3. The molecule has 0 radical (unpaired) electrons. The number of phenols is 1. The Morgan fingerprint density at radius 2 is 1.91 bits per heavy atom. The van der Waals surface area contributed by atoms with E-state index >= 15 is 0 Å². The molecule has 20 heteroatoms. The zero-order valence-corrected chi connectivity index (χ0v) is 26.3. The molecule has 242 valence electrons. The maximum atomic E-state index is 13.9. The van der Waals surface area contributed by atoms with Crippen LogP contribution in [0.4, 0.5) is 4.79 Å². The number of hydrogen-bond acceptors (Lipinski definition) is 13. The number of rotatable bonds is 11. The Morgan fingerprint density at radius 1 is 1.17 bits per heavy atom. The van der Waals surface area contributed by atoms with Gasteiger partial charge < -0.3 is 31.1 Å². The molecule has 46 heavy (non-hydrogen) atoms. The number of carboxylic acid groups (broad SMARTS) is 1. The molecule has 1 aromatic heterocycles. The first-order valence-corrected chi connectivity index (χ1v) is 16.5. The van der Waals surface area contributed by atoms with Crippen LogP contribution in [0.25, 0.3) is 0 Å². The molecular formula is C26H26N8O9S3. The van der Waals surface area contributed by atoms with Crippen molar-refractivity contribution in [3.63, 3.8) is 0 Å². The minimum atomic E-state index is -2.10. The third kappa shape index (κ3) is 5.97. The van der Waals surface area contributed by atoms with E-state index in [0.29, 0.717) is 14.8 Å². The normalized spacial score (nSPS) is 21.7. The summed E-state index contributed by atoms with van der Waals surface area (Å²) in [4.78, 5) is 92.8. The van der Waals surface area contributed by atoms with E-state index in [4.69, 9.17) is 0 Å². The number of fused-ring (bicyclic) bond motifs is 1. The zero-order chi connectivity index (χ0) is 33.2. The summed E-state index contributed by atoms with van der Waals surface area (Å²) in [6, 6.07) is 2.47. The summed E-state index contributed by atoms with van der Waals surface area (Å²) in [7, 11) is 0. The average Bonchev–Trinajstić information content (AvgIpc) is 3.57. The van der Waals surface area contributed by atoms with Gasteiger partial charge in [0, 0.05) is 31.1 Å². The van der Waals surface area contributed by atoms with Crippen molar-refractivity contribution >= 4 is 76.9 Å². The number of nitrogens with one attached hydrogen (secondary N) is 3.